The molecule has 1 heterocycles. The standard InChI is InChI=1S/C24H27NO4S/c1-17-13-15-21(16-14-17)30(27,28)25-22(18(2)19-9-5-3-6-10-19)23(29-24(25)26)20-11-7-4-8-12-20/h3,5-6,9-10,13-16,20,22-23H,2,4,7-8,11-12H2,1H3/t22-,23-/m1/s1. The first-order valence-electron chi connectivity index (χ1n) is 10.5. The van der Waals surface area contributed by atoms with Gasteiger partial charge in [-0.3, -0.25) is 0 Å². The number of cyclic esters (lactones) is 1. The Morgan fingerprint density at radius 3 is 2.27 bits per heavy atom. The smallest absolute Gasteiger partial charge is 0.424 e. The van der Waals surface area contributed by atoms with E-state index in [9.17, 15) is 13.2 Å². The van der Waals surface area contributed by atoms with Crippen LogP contribution in [0.2, 0.25) is 0 Å². The monoisotopic (exact) mass is 425 g/mol. The van der Waals surface area contributed by atoms with Crippen LogP contribution in [0.3, 0.4) is 0 Å². The average Bonchev–Trinajstić information content (AvgIpc) is 3.12. The lowest BCUT2D eigenvalue weighted by Gasteiger charge is -2.32. The number of aryl methyl sites for hydroxylation is 1. The number of rotatable bonds is 5. The van der Waals surface area contributed by atoms with Crippen molar-refractivity contribution >= 4 is 21.7 Å². The minimum absolute atomic E-state index is 0.0835. The minimum atomic E-state index is -4.08. The topological polar surface area (TPSA) is 63.7 Å². The van der Waals surface area contributed by atoms with E-state index in [2.05, 4.69) is 6.58 Å². The molecular formula is C24H27NO4S. The normalized spacial score (nSPS) is 22.7. The van der Waals surface area contributed by atoms with Crippen molar-refractivity contribution in [1.29, 1.82) is 0 Å². The Hall–Kier alpha value is -2.60. The molecule has 1 saturated heterocycles. The van der Waals surface area contributed by atoms with E-state index in [0.717, 1.165) is 47.5 Å². The zero-order valence-electron chi connectivity index (χ0n) is 17.2. The third-order valence-electron chi connectivity index (χ3n) is 6.17. The van der Waals surface area contributed by atoms with Crippen LogP contribution in [0, 0.1) is 12.8 Å². The van der Waals surface area contributed by atoms with Gasteiger partial charge >= 0.3 is 6.09 Å². The van der Waals surface area contributed by atoms with Gasteiger partial charge < -0.3 is 4.74 Å². The van der Waals surface area contributed by atoms with E-state index in [1.165, 1.54) is 12.1 Å². The van der Waals surface area contributed by atoms with Crippen LogP contribution in [-0.4, -0.2) is 31.0 Å². The van der Waals surface area contributed by atoms with Gasteiger partial charge in [-0.15, -0.1) is 0 Å². The molecule has 5 nitrogen and oxygen atoms in total. The molecule has 0 unspecified atom stereocenters. The number of hydrogen-bond donors (Lipinski definition) is 0. The number of benzene rings is 2. The SMILES string of the molecule is C=C(c1ccccc1)[C@@H]1[C@@H](C2CCCCC2)OC(=O)N1S(=O)(=O)c1ccc(C)cc1. The molecule has 30 heavy (non-hydrogen) atoms. The van der Waals surface area contributed by atoms with Gasteiger partial charge in [0.25, 0.3) is 10.0 Å². The quantitative estimate of drug-likeness (QED) is 0.663. The lowest BCUT2D eigenvalue weighted by atomic mass is 9.80. The number of nitrogens with zero attached hydrogens (tertiary/aromatic N) is 1. The molecular weight excluding hydrogens is 398 g/mol. The second-order valence-corrected chi connectivity index (χ2v) is 10.0. The lowest BCUT2D eigenvalue weighted by Crippen LogP contribution is -2.44. The third-order valence-corrected chi connectivity index (χ3v) is 7.94. The van der Waals surface area contributed by atoms with E-state index < -0.39 is 28.3 Å². The first-order valence-corrected chi connectivity index (χ1v) is 11.9. The summed E-state index contributed by atoms with van der Waals surface area (Å²) in [7, 11) is -4.08. The van der Waals surface area contributed by atoms with Crippen molar-refractivity contribution in [2.24, 2.45) is 5.92 Å². The summed E-state index contributed by atoms with van der Waals surface area (Å²) >= 11 is 0. The van der Waals surface area contributed by atoms with Gasteiger partial charge in [0.2, 0.25) is 0 Å². The molecule has 2 aromatic rings. The summed E-state index contributed by atoms with van der Waals surface area (Å²) in [6.45, 7) is 6.11. The van der Waals surface area contributed by atoms with Crippen molar-refractivity contribution < 1.29 is 17.9 Å². The van der Waals surface area contributed by atoms with E-state index in [4.69, 9.17) is 4.74 Å². The van der Waals surface area contributed by atoms with E-state index >= 15 is 0 Å². The van der Waals surface area contributed by atoms with Gasteiger partial charge in [-0.2, -0.15) is 4.31 Å². The highest BCUT2D eigenvalue weighted by Crippen LogP contribution is 2.41. The van der Waals surface area contributed by atoms with Crippen molar-refractivity contribution in [2.45, 2.75) is 56.1 Å². The summed E-state index contributed by atoms with van der Waals surface area (Å²) in [4.78, 5) is 13.0. The van der Waals surface area contributed by atoms with E-state index in [0.29, 0.717) is 5.57 Å². The fourth-order valence-corrected chi connectivity index (χ4v) is 6.02. The molecule has 0 radical (unpaired) electrons. The van der Waals surface area contributed by atoms with Crippen LogP contribution < -0.4 is 0 Å². The Bertz CT molecular complexity index is 1020. The summed E-state index contributed by atoms with van der Waals surface area (Å²) < 4.78 is 33.7. The molecule has 2 atom stereocenters. The molecule has 1 aliphatic carbocycles. The first-order chi connectivity index (χ1) is 14.4. The van der Waals surface area contributed by atoms with Gasteiger partial charge in [-0.1, -0.05) is 73.9 Å². The Morgan fingerprint density at radius 2 is 1.63 bits per heavy atom. The number of hydrogen-bond acceptors (Lipinski definition) is 4. The summed E-state index contributed by atoms with van der Waals surface area (Å²) in [6.07, 6.45) is 3.80. The van der Waals surface area contributed by atoms with Gasteiger partial charge in [0, 0.05) is 0 Å². The minimum Gasteiger partial charge on any atom is -0.442 e. The Labute approximate surface area is 178 Å². The third kappa shape index (κ3) is 3.76. The summed E-state index contributed by atoms with van der Waals surface area (Å²) in [6, 6.07) is 15.2. The lowest BCUT2D eigenvalue weighted by molar-refractivity contribution is 0.0815. The van der Waals surface area contributed by atoms with Crippen LogP contribution in [0.4, 0.5) is 4.79 Å². The molecule has 158 valence electrons. The molecule has 0 aromatic heterocycles. The maximum Gasteiger partial charge on any atom is 0.424 e. The van der Waals surface area contributed by atoms with Gasteiger partial charge in [-0.25, -0.2) is 13.2 Å². The predicted molar refractivity (Wildman–Crippen MR) is 116 cm³/mol. The molecule has 2 aliphatic rings. The molecule has 1 aliphatic heterocycles. The molecule has 0 spiro atoms. The van der Waals surface area contributed by atoms with Crippen molar-refractivity contribution in [1.82, 2.24) is 4.31 Å². The average molecular weight is 426 g/mol. The van der Waals surface area contributed by atoms with Crippen molar-refractivity contribution in [3.8, 4) is 0 Å². The summed E-state index contributed by atoms with van der Waals surface area (Å²) in [5.74, 6) is 0.131. The molecule has 0 bridgehead atoms. The second kappa shape index (κ2) is 8.26. The summed E-state index contributed by atoms with van der Waals surface area (Å²) in [5.41, 5.74) is 2.35. The highest BCUT2D eigenvalue weighted by atomic mass is 32.2. The van der Waals surface area contributed by atoms with Crippen LogP contribution >= 0.6 is 0 Å². The molecule has 6 heteroatoms. The molecule has 4 rings (SSSR count). The molecule has 2 aromatic carbocycles. The van der Waals surface area contributed by atoms with Crippen LogP contribution in [0.5, 0.6) is 0 Å². The van der Waals surface area contributed by atoms with Gasteiger partial charge in [0.15, 0.2) is 0 Å². The van der Waals surface area contributed by atoms with Crippen LogP contribution in [-0.2, 0) is 14.8 Å². The molecule has 1 amide bonds. The maximum absolute atomic E-state index is 13.5. The van der Waals surface area contributed by atoms with Crippen molar-refractivity contribution in [3.05, 3.63) is 72.3 Å². The van der Waals surface area contributed by atoms with Crippen molar-refractivity contribution in [3.63, 3.8) is 0 Å². The molecule has 0 N–H and O–H groups in total. The van der Waals surface area contributed by atoms with Gasteiger partial charge in [-0.05, 0) is 49.0 Å². The Morgan fingerprint density at radius 1 is 1.00 bits per heavy atom. The van der Waals surface area contributed by atoms with Crippen LogP contribution in [0.1, 0.15) is 43.2 Å². The zero-order valence-corrected chi connectivity index (χ0v) is 18.0. The van der Waals surface area contributed by atoms with Gasteiger partial charge in [0.1, 0.15) is 12.1 Å². The maximum atomic E-state index is 13.5. The highest BCUT2D eigenvalue weighted by Gasteiger charge is 2.52. The Balaban J connectivity index is 1.77. The second-order valence-electron chi connectivity index (χ2n) is 8.20. The fourth-order valence-electron chi connectivity index (χ4n) is 4.53. The Kier molecular flexibility index (Phi) is 5.69. The van der Waals surface area contributed by atoms with Gasteiger partial charge in [0.05, 0.1) is 4.90 Å². The van der Waals surface area contributed by atoms with E-state index in [1.807, 2.05) is 37.3 Å². The van der Waals surface area contributed by atoms with Crippen LogP contribution in [0.15, 0.2) is 66.1 Å². The highest BCUT2D eigenvalue weighted by molar-refractivity contribution is 7.89. The number of carbonyl (C=O) groups is 1. The number of sulfonamides is 1. The van der Waals surface area contributed by atoms with E-state index in [1.54, 1.807) is 12.1 Å². The largest absolute Gasteiger partial charge is 0.442 e. The van der Waals surface area contributed by atoms with E-state index in [-0.39, 0.29) is 10.8 Å². The predicted octanol–water partition coefficient (Wildman–Crippen LogP) is 5.17. The number of ether oxygens (including phenoxy) is 1. The number of carbonyl (C=O) groups excluding carboxylic acids is 1. The molecule has 2 fully saturated rings. The van der Waals surface area contributed by atoms with Crippen LogP contribution in [0.25, 0.3) is 5.57 Å². The first kappa shape index (κ1) is 20.7. The van der Waals surface area contributed by atoms with Crippen molar-refractivity contribution in [2.75, 3.05) is 0 Å². The molecule has 1 saturated carbocycles. The number of amides is 1. The summed E-state index contributed by atoms with van der Waals surface area (Å²) in [5, 5.41) is 0. The zero-order chi connectivity index (χ0) is 21.3. The fraction of sp³-hybridized carbons (Fsp3) is 0.375.